The Morgan fingerprint density at radius 3 is 2.43 bits per heavy atom. The maximum Gasteiger partial charge on any atom is 0.223 e. The van der Waals surface area contributed by atoms with Crippen molar-refractivity contribution in [3.05, 3.63) is 57.8 Å². The number of rotatable bonds is 8. The molecule has 0 unspecified atom stereocenters. The average molecular weight is 331 g/mol. The number of nitrogens with two attached hydrogens (primary N) is 2. The van der Waals surface area contributed by atoms with Crippen molar-refractivity contribution in [2.45, 2.75) is 32.4 Å². The molecule has 1 aromatic heterocycles. The summed E-state index contributed by atoms with van der Waals surface area (Å²) in [6, 6.07) is 12.2. The zero-order chi connectivity index (χ0) is 16.7. The standard InChI is InChI=1S/C18H25N3OS/c1-14-4-6-15(7-5-14)8-9-18(22)21(16(11-19)12-20)13-17-3-2-10-23-17/h2-7,10,16H,8-9,11-13,19-20H2,1H3. The highest BCUT2D eigenvalue weighted by Crippen LogP contribution is 2.16. The lowest BCUT2D eigenvalue weighted by Crippen LogP contribution is -2.48. The highest BCUT2D eigenvalue weighted by molar-refractivity contribution is 7.09. The SMILES string of the molecule is Cc1ccc(CCC(=O)N(Cc2cccs2)C(CN)CN)cc1. The lowest BCUT2D eigenvalue weighted by Gasteiger charge is -2.30. The van der Waals surface area contributed by atoms with Crippen molar-refractivity contribution in [2.75, 3.05) is 13.1 Å². The summed E-state index contributed by atoms with van der Waals surface area (Å²) < 4.78 is 0. The van der Waals surface area contributed by atoms with Crippen LogP contribution in [0, 0.1) is 6.92 Å². The van der Waals surface area contributed by atoms with E-state index in [4.69, 9.17) is 11.5 Å². The summed E-state index contributed by atoms with van der Waals surface area (Å²) in [5.74, 6) is 0.111. The van der Waals surface area contributed by atoms with Crippen LogP contribution in [-0.2, 0) is 17.8 Å². The van der Waals surface area contributed by atoms with E-state index >= 15 is 0 Å². The minimum absolute atomic E-state index is 0.109. The number of hydrogen-bond acceptors (Lipinski definition) is 4. The zero-order valence-corrected chi connectivity index (χ0v) is 14.4. The molecule has 1 aromatic carbocycles. The van der Waals surface area contributed by atoms with Gasteiger partial charge >= 0.3 is 0 Å². The Morgan fingerprint density at radius 1 is 1.17 bits per heavy atom. The van der Waals surface area contributed by atoms with E-state index < -0.39 is 0 Å². The van der Waals surface area contributed by atoms with Gasteiger partial charge in [0.25, 0.3) is 0 Å². The van der Waals surface area contributed by atoms with E-state index in [2.05, 4.69) is 31.2 Å². The Balaban J connectivity index is 2.01. The maximum absolute atomic E-state index is 12.7. The monoisotopic (exact) mass is 331 g/mol. The van der Waals surface area contributed by atoms with Gasteiger partial charge in [-0.05, 0) is 30.4 Å². The third-order valence-electron chi connectivity index (χ3n) is 3.96. The molecule has 1 heterocycles. The molecular formula is C18H25N3OS. The molecule has 0 saturated heterocycles. The van der Waals surface area contributed by atoms with E-state index in [1.54, 1.807) is 11.3 Å². The average Bonchev–Trinajstić information content (AvgIpc) is 3.07. The van der Waals surface area contributed by atoms with Gasteiger partial charge in [-0.3, -0.25) is 4.79 Å². The molecule has 2 rings (SSSR count). The summed E-state index contributed by atoms with van der Waals surface area (Å²) in [6.45, 7) is 3.42. The molecule has 5 heteroatoms. The van der Waals surface area contributed by atoms with Gasteiger partial charge in [0.2, 0.25) is 5.91 Å². The van der Waals surface area contributed by atoms with E-state index in [1.165, 1.54) is 11.1 Å². The van der Waals surface area contributed by atoms with Crippen molar-refractivity contribution >= 4 is 17.2 Å². The number of benzene rings is 1. The highest BCUT2D eigenvalue weighted by Gasteiger charge is 2.22. The summed E-state index contributed by atoms with van der Waals surface area (Å²) in [4.78, 5) is 15.7. The number of hydrogen-bond donors (Lipinski definition) is 2. The summed E-state index contributed by atoms with van der Waals surface area (Å²) in [6.07, 6.45) is 1.22. The Bertz CT molecular complexity index is 591. The fourth-order valence-electron chi connectivity index (χ4n) is 2.49. The summed E-state index contributed by atoms with van der Waals surface area (Å²) in [5, 5.41) is 2.02. The molecule has 0 bridgehead atoms. The van der Waals surface area contributed by atoms with Crippen LogP contribution in [0.25, 0.3) is 0 Å². The lowest BCUT2D eigenvalue weighted by atomic mass is 10.1. The quantitative estimate of drug-likeness (QED) is 0.779. The topological polar surface area (TPSA) is 72.3 Å². The summed E-state index contributed by atoms with van der Waals surface area (Å²) in [5.41, 5.74) is 14.0. The molecule has 0 saturated carbocycles. The molecule has 2 aromatic rings. The highest BCUT2D eigenvalue weighted by atomic mass is 32.1. The van der Waals surface area contributed by atoms with Gasteiger partial charge in [-0.1, -0.05) is 35.9 Å². The Labute approximate surface area is 142 Å². The molecule has 124 valence electrons. The van der Waals surface area contributed by atoms with Gasteiger partial charge in [-0.15, -0.1) is 11.3 Å². The first-order chi connectivity index (χ1) is 11.1. The third-order valence-corrected chi connectivity index (χ3v) is 4.82. The molecule has 0 aliphatic carbocycles. The van der Waals surface area contributed by atoms with E-state index in [1.807, 2.05) is 22.4 Å². The number of aryl methyl sites for hydroxylation is 2. The second kappa shape index (κ2) is 8.82. The fraction of sp³-hybridized carbons (Fsp3) is 0.389. The predicted octanol–water partition coefficient (Wildman–Crippen LogP) is 2.30. The number of nitrogens with zero attached hydrogens (tertiary/aromatic N) is 1. The minimum atomic E-state index is -0.109. The minimum Gasteiger partial charge on any atom is -0.332 e. The van der Waals surface area contributed by atoms with E-state index in [0.717, 1.165) is 11.3 Å². The van der Waals surface area contributed by atoms with Gasteiger partial charge < -0.3 is 16.4 Å². The van der Waals surface area contributed by atoms with Gasteiger partial charge in [0.1, 0.15) is 0 Å². The van der Waals surface area contributed by atoms with Gasteiger partial charge in [0.05, 0.1) is 12.6 Å². The molecule has 1 amide bonds. The molecule has 23 heavy (non-hydrogen) atoms. The smallest absolute Gasteiger partial charge is 0.223 e. The molecule has 0 aliphatic heterocycles. The van der Waals surface area contributed by atoms with Gasteiger partial charge in [0, 0.05) is 24.4 Å². The largest absolute Gasteiger partial charge is 0.332 e. The molecular weight excluding hydrogens is 306 g/mol. The molecule has 0 aliphatic rings. The lowest BCUT2D eigenvalue weighted by molar-refractivity contribution is -0.133. The maximum atomic E-state index is 12.7. The molecule has 0 spiro atoms. The molecule has 4 nitrogen and oxygen atoms in total. The molecule has 0 fully saturated rings. The van der Waals surface area contributed by atoms with Crippen LogP contribution in [0.1, 0.15) is 22.4 Å². The van der Waals surface area contributed by atoms with Crippen molar-refractivity contribution in [3.8, 4) is 0 Å². The first-order valence-corrected chi connectivity index (χ1v) is 8.79. The van der Waals surface area contributed by atoms with Crippen molar-refractivity contribution in [1.82, 2.24) is 4.90 Å². The second-order valence-electron chi connectivity index (χ2n) is 5.71. The number of thiophene rings is 1. The van der Waals surface area contributed by atoms with E-state index in [0.29, 0.717) is 26.1 Å². The van der Waals surface area contributed by atoms with Crippen molar-refractivity contribution in [3.63, 3.8) is 0 Å². The van der Waals surface area contributed by atoms with Crippen molar-refractivity contribution in [1.29, 1.82) is 0 Å². The first kappa shape index (κ1) is 17.7. The zero-order valence-electron chi connectivity index (χ0n) is 13.6. The van der Waals surface area contributed by atoms with E-state index in [9.17, 15) is 4.79 Å². The predicted molar refractivity (Wildman–Crippen MR) is 96.3 cm³/mol. The van der Waals surface area contributed by atoms with Crippen LogP contribution < -0.4 is 11.5 Å². The number of carbonyl (C=O) groups is 1. The number of carbonyl (C=O) groups excluding carboxylic acids is 1. The molecule has 4 N–H and O–H groups in total. The van der Waals surface area contributed by atoms with Gasteiger partial charge in [-0.2, -0.15) is 0 Å². The van der Waals surface area contributed by atoms with Crippen LogP contribution in [0.2, 0.25) is 0 Å². The van der Waals surface area contributed by atoms with Gasteiger partial charge in [0.15, 0.2) is 0 Å². The first-order valence-electron chi connectivity index (χ1n) is 7.91. The van der Waals surface area contributed by atoms with Crippen molar-refractivity contribution in [2.24, 2.45) is 11.5 Å². The number of amides is 1. The Hall–Kier alpha value is -1.69. The van der Waals surface area contributed by atoms with E-state index in [-0.39, 0.29) is 11.9 Å². The van der Waals surface area contributed by atoms with Crippen LogP contribution in [0.5, 0.6) is 0 Å². The third kappa shape index (κ3) is 5.16. The Kier molecular flexibility index (Phi) is 6.77. The normalized spacial score (nSPS) is 11.0. The van der Waals surface area contributed by atoms with Crippen molar-refractivity contribution < 1.29 is 4.79 Å². The summed E-state index contributed by atoms with van der Waals surface area (Å²) in [7, 11) is 0. The second-order valence-corrected chi connectivity index (χ2v) is 6.74. The Morgan fingerprint density at radius 2 is 1.87 bits per heavy atom. The molecule has 0 radical (unpaired) electrons. The van der Waals surface area contributed by atoms with Gasteiger partial charge in [-0.25, -0.2) is 0 Å². The van der Waals surface area contributed by atoms with Crippen LogP contribution in [0.4, 0.5) is 0 Å². The van der Waals surface area contributed by atoms with Crippen LogP contribution in [0.15, 0.2) is 41.8 Å². The summed E-state index contributed by atoms with van der Waals surface area (Å²) >= 11 is 1.65. The fourth-order valence-corrected chi connectivity index (χ4v) is 3.19. The van der Waals surface area contributed by atoms with Crippen LogP contribution in [-0.4, -0.2) is 29.9 Å². The molecule has 0 atom stereocenters. The van der Waals surface area contributed by atoms with Crippen LogP contribution in [0.3, 0.4) is 0 Å². The van der Waals surface area contributed by atoms with Crippen LogP contribution >= 0.6 is 11.3 Å².